The van der Waals surface area contributed by atoms with Gasteiger partial charge in [0.1, 0.15) is 12.1 Å². The highest BCUT2D eigenvalue weighted by molar-refractivity contribution is 6.09. The van der Waals surface area contributed by atoms with Gasteiger partial charge in [0.15, 0.2) is 0 Å². The molecule has 1 atom stereocenters. The molecule has 1 aliphatic carbocycles. The monoisotopic (exact) mass is 421 g/mol. The predicted molar refractivity (Wildman–Crippen MR) is 111 cm³/mol. The molecule has 8 nitrogen and oxygen atoms in total. The fourth-order valence-electron chi connectivity index (χ4n) is 4.20. The Morgan fingerprint density at radius 1 is 1.13 bits per heavy atom. The number of benzene rings is 2. The molecule has 160 valence electrons. The molecule has 0 bridgehead atoms. The van der Waals surface area contributed by atoms with Gasteiger partial charge in [-0.15, -0.1) is 0 Å². The number of carbonyl (C=O) groups is 4. The zero-order chi connectivity index (χ0) is 22.0. The van der Waals surface area contributed by atoms with Gasteiger partial charge < -0.3 is 15.4 Å². The van der Waals surface area contributed by atoms with Crippen molar-refractivity contribution in [1.82, 2.24) is 15.5 Å². The van der Waals surface area contributed by atoms with Crippen LogP contribution in [0.15, 0.2) is 48.5 Å². The second-order valence-electron chi connectivity index (χ2n) is 7.67. The third-order valence-electron chi connectivity index (χ3n) is 5.83. The van der Waals surface area contributed by atoms with Crippen molar-refractivity contribution in [3.63, 3.8) is 0 Å². The van der Waals surface area contributed by atoms with Gasteiger partial charge in [-0.05, 0) is 48.1 Å². The van der Waals surface area contributed by atoms with Crippen LogP contribution in [0.3, 0.4) is 0 Å². The van der Waals surface area contributed by atoms with E-state index in [1.54, 1.807) is 24.3 Å². The summed E-state index contributed by atoms with van der Waals surface area (Å²) in [6, 6.07) is 13.9. The van der Waals surface area contributed by atoms with Crippen LogP contribution in [0, 0.1) is 0 Å². The van der Waals surface area contributed by atoms with Gasteiger partial charge in [-0.3, -0.25) is 14.5 Å². The zero-order valence-corrected chi connectivity index (χ0v) is 17.1. The van der Waals surface area contributed by atoms with E-state index in [0.29, 0.717) is 31.4 Å². The van der Waals surface area contributed by atoms with Gasteiger partial charge in [0.25, 0.3) is 5.91 Å². The topological polar surface area (TPSA) is 105 Å². The first-order valence-corrected chi connectivity index (χ1v) is 10.1. The lowest BCUT2D eigenvalue weighted by molar-refractivity contribution is -0.135. The lowest BCUT2D eigenvalue weighted by Crippen LogP contribution is -2.44. The third kappa shape index (κ3) is 3.76. The minimum Gasteiger partial charge on any atom is -0.465 e. The number of hydrogen-bond donors (Lipinski definition) is 2. The molecule has 1 heterocycles. The SMILES string of the molecule is COC(=O)c1ccc(CCNC(=O)CN2C(=O)NC3(CCc4ccccc43)C2=O)cc1. The van der Waals surface area contributed by atoms with Gasteiger partial charge in [-0.2, -0.15) is 0 Å². The minimum atomic E-state index is -1.06. The second-order valence-corrected chi connectivity index (χ2v) is 7.67. The second kappa shape index (κ2) is 8.22. The first kappa shape index (κ1) is 20.6. The van der Waals surface area contributed by atoms with E-state index in [0.717, 1.165) is 21.6 Å². The van der Waals surface area contributed by atoms with Gasteiger partial charge in [0, 0.05) is 6.54 Å². The maximum Gasteiger partial charge on any atom is 0.337 e. The number of fused-ring (bicyclic) bond motifs is 2. The molecule has 1 fully saturated rings. The fraction of sp³-hybridized carbons (Fsp3) is 0.304. The van der Waals surface area contributed by atoms with E-state index in [2.05, 4.69) is 15.4 Å². The normalized spacial score (nSPS) is 19.3. The van der Waals surface area contributed by atoms with Crippen LogP contribution in [0.1, 0.15) is 33.5 Å². The molecule has 2 aromatic rings. The summed E-state index contributed by atoms with van der Waals surface area (Å²) in [4.78, 5) is 50.4. The molecule has 1 aliphatic heterocycles. The fourth-order valence-corrected chi connectivity index (χ4v) is 4.20. The summed E-state index contributed by atoms with van der Waals surface area (Å²) in [6.07, 6.45) is 1.75. The van der Waals surface area contributed by atoms with Crippen LogP contribution in [0.5, 0.6) is 0 Å². The number of methoxy groups -OCH3 is 1. The Hall–Kier alpha value is -3.68. The molecule has 31 heavy (non-hydrogen) atoms. The van der Waals surface area contributed by atoms with E-state index in [1.165, 1.54) is 7.11 Å². The van der Waals surface area contributed by atoms with Crippen molar-refractivity contribution >= 4 is 23.8 Å². The molecule has 0 saturated carbocycles. The van der Waals surface area contributed by atoms with E-state index in [4.69, 9.17) is 0 Å². The molecular formula is C23H23N3O5. The third-order valence-corrected chi connectivity index (χ3v) is 5.83. The number of urea groups is 1. The summed E-state index contributed by atoms with van der Waals surface area (Å²) in [7, 11) is 1.32. The highest BCUT2D eigenvalue weighted by atomic mass is 16.5. The lowest BCUT2D eigenvalue weighted by Gasteiger charge is -2.22. The van der Waals surface area contributed by atoms with Crippen LogP contribution in [-0.2, 0) is 32.7 Å². The maximum absolute atomic E-state index is 13.1. The number of aryl methyl sites for hydroxylation is 1. The van der Waals surface area contributed by atoms with Gasteiger partial charge in [-0.25, -0.2) is 9.59 Å². The summed E-state index contributed by atoms with van der Waals surface area (Å²) in [6.45, 7) is 0.0178. The van der Waals surface area contributed by atoms with E-state index >= 15 is 0 Å². The minimum absolute atomic E-state index is 0.324. The van der Waals surface area contributed by atoms with Crippen molar-refractivity contribution in [2.24, 2.45) is 0 Å². The Balaban J connectivity index is 1.33. The van der Waals surface area contributed by atoms with Crippen molar-refractivity contribution in [3.8, 4) is 0 Å². The number of carbonyl (C=O) groups excluding carboxylic acids is 4. The van der Waals surface area contributed by atoms with Crippen molar-refractivity contribution in [2.75, 3.05) is 20.2 Å². The van der Waals surface area contributed by atoms with Crippen LogP contribution >= 0.6 is 0 Å². The number of imide groups is 1. The molecule has 2 N–H and O–H groups in total. The van der Waals surface area contributed by atoms with Gasteiger partial charge in [0.05, 0.1) is 12.7 Å². The molecule has 4 amide bonds. The van der Waals surface area contributed by atoms with Crippen molar-refractivity contribution in [2.45, 2.75) is 24.8 Å². The molecular weight excluding hydrogens is 398 g/mol. The number of esters is 1. The molecule has 0 radical (unpaired) electrons. The summed E-state index contributed by atoms with van der Waals surface area (Å²) < 4.78 is 4.66. The molecule has 1 saturated heterocycles. The van der Waals surface area contributed by atoms with E-state index in [1.807, 2.05) is 24.3 Å². The van der Waals surface area contributed by atoms with Crippen molar-refractivity contribution < 1.29 is 23.9 Å². The highest BCUT2D eigenvalue weighted by Crippen LogP contribution is 2.41. The molecule has 2 aromatic carbocycles. The number of ether oxygens (including phenoxy) is 1. The number of nitrogens with one attached hydrogen (secondary N) is 2. The standard InChI is InChI=1S/C23H23N3O5/c1-31-20(28)17-8-6-15(7-9-17)11-13-24-19(27)14-26-21(29)23(25-22(26)30)12-10-16-4-2-3-5-18(16)23/h2-9H,10-14H2,1H3,(H,24,27)(H,25,30). The molecule has 8 heteroatoms. The van der Waals surface area contributed by atoms with Crippen LogP contribution in [0.4, 0.5) is 4.79 Å². The van der Waals surface area contributed by atoms with E-state index < -0.39 is 23.4 Å². The summed E-state index contributed by atoms with van der Waals surface area (Å²) in [5, 5.41) is 5.55. The number of rotatable bonds is 6. The summed E-state index contributed by atoms with van der Waals surface area (Å²) in [5.74, 6) is -1.19. The lowest BCUT2D eigenvalue weighted by atomic mass is 9.92. The summed E-state index contributed by atoms with van der Waals surface area (Å²) >= 11 is 0. The van der Waals surface area contributed by atoms with E-state index in [-0.39, 0.29) is 12.5 Å². The quantitative estimate of drug-likeness (QED) is 0.544. The molecule has 0 aromatic heterocycles. The Labute approximate surface area is 179 Å². The number of hydrogen-bond acceptors (Lipinski definition) is 5. The van der Waals surface area contributed by atoms with Crippen LogP contribution < -0.4 is 10.6 Å². The highest BCUT2D eigenvalue weighted by Gasteiger charge is 2.55. The maximum atomic E-state index is 13.1. The number of amides is 4. The first-order valence-electron chi connectivity index (χ1n) is 10.1. The smallest absolute Gasteiger partial charge is 0.337 e. The Morgan fingerprint density at radius 3 is 2.61 bits per heavy atom. The van der Waals surface area contributed by atoms with Gasteiger partial charge in [0.2, 0.25) is 5.91 Å². The average molecular weight is 421 g/mol. The van der Waals surface area contributed by atoms with E-state index in [9.17, 15) is 19.2 Å². The Morgan fingerprint density at radius 2 is 1.87 bits per heavy atom. The van der Waals surface area contributed by atoms with Gasteiger partial charge in [-0.1, -0.05) is 36.4 Å². The molecule has 1 unspecified atom stereocenters. The van der Waals surface area contributed by atoms with Crippen LogP contribution in [-0.4, -0.2) is 48.9 Å². The largest absolute Gasteiger partial charge is 0.465 e. The van der Waals surface area contributed by atoms with Gasteiger partial charge >= 0.3 is 12.0 Å². The van der Waals surface area contributed by atoms with Crippen LogP contribution in [0.2, 0.25) is 0 Å². The zero-order valence-electron chi connectivity index (χ0n) is 17.1. The van der Waals surface area contributed by atoms with Crippen molar-refractivity contribution in [3.05, 3.63) is 70.8 Å². The predicted octanol–water partition coefficient (Wildman–Crippen LogP) is 1.53. The molecule has 1 spiro atoms. The van der Waals surface area contributed by atoms with Crippen molar-refractivity contribution in [1.29, 1.82) is 0 Å². The average Bonchev–Trinajstić information content (AvgIpc) is 3.27. The Kier molecular flexibility index (Phi) is 5.46. The first-order chi connectivity index (χ1) is 14.9. The molecule has 4 rings (SSSR count). The Bertz CT molecular complexity index is 1050. The van der Waals surface area contributed by atoms with Crippen LogP contribution in [0.25, 0.3) is 0 Å². The summed E-state index contributed by atoms with van der Waals surface area (Å²) in [5.41, 5.74) is 2.18. The molecule has 2 aliphatic rings. The number of nitrogens with zero attached hydrogens (tertiary/aromatic N) is 1.